The van der Waals surface area contributed by atoms with Crippen molar-refractivity contribution in [2.75, 3.05) is 13.2 Å². The van der Waals surface area contributed by atoms with E-state index in [2.05, 4.69) is 4.94 Å². The minimum atomic E-state index is -1.12. The molecule has 0 spiro atoms. The summed E-state index contributed by atoms with van der Waals surface area (Å²) < 4.78 is 17.9. The number of carboxylic acids is 1. The van der Waals surface area contributed by atoms with Crippen molar-refractivity contribution in [2.24, 2.45) is 0 Å². The van der Waals surface area contributed by atoms with Crippen LogP contribution < -0.4 is 9.68 Å². The number of halogens is 1. The van der Waals surface area contributed by atoms with Gasteiger partial charge >= 0.3 is 5.97 Å². The number of hydrogen-bond donors (Lipinski definition) is 2. The smallest absolute Gasteiger partial charge is 0.339 e. The normalized spacial score (nSPS) is 10.5. The number of rotatable bonds is 11. The molecule has 0 saturated heterocycles. The van der Waals surface area contributed by atoms with Crippen molar-refractivity contribution < 1.29 is 29.2 Å². The summed E-state index contributed by atoms with van der Waals surface area (Å²) in [7, 11) is 0. The van der Waals surface area contributed by atoms with Crippen molar-refractivity contribution in [1.29, 1.82) is 0 Å². The molecule has 1 rings (SSSR count). The fraction of sp³-hybridized carbons (Fsp3) is 0.562. The highest BCUT2D eigenvalue weighted by Crippen LogP contribution is 2.32. The maximum atomic E-state index is 12.4. The van der Waals surface area contributed by atoms with Crippen LogP contribution in [0.1, 0.15) is 54.4 Å². The van der Waals surface area contributed by atoms with E-state index in [1.54, 1.807) is 6.92 Å². The number of ether oxygens (including phenoxy) is 1. The van der Waals surface area contributed by atoms with E-state index in [1.165, 1.54) is 12.1 Å². The van der Waals surface area contributed by atoms with E-state index in [1.807, 2.05) is 0 Å². The van der Waals surface area contributed by atoms with Crippen molar-refractivity contribution >= 4 is 5.97 Å². The van der Waals surface area contributed by atoms with Crippen LogP contribution in [0, 0.1) is 6.92 Å². The van der Waals surface area contributed by atoms with Gasteiger partial charge in [-0.15, -0.1) is 0 Å². The summed E-state index contributed by atoms with van der Waals surface area (Å²) in [5, 5.41) is 17.8. The van der Waals surface area contributed by atoms with Crippen molar-refractivity contribution in [3.8, 4) is 11.5 Å². The zero-order valence-corrected chi connectivity index (χ0v) is 12.8. The second-order valence-electron chi connectivity index (χ2n) is 5.14. The number of carboxylic acid groups (broad SMARTS) is 1. The summed E-state index contributed by atoms with van der Waals surface area (Å²) in [6.07, 6.45) is 5.70. The van der Waals surface area contributed by atoms with Gasteiger partial charge in [-0.2, -0.15) is 0 Å². The summed E-state index contributed by atoms with van der Waals surface area (Å²) in [5.74, 6) is -1.00. The first-order chi connectivity index (χ1) is 10.6. The Hall–Kier alpha value is -1.82. The van der Waals surface area contributed by atoms with Gasteiger partial charge in [0.2, 0.25) is 0 Å². The SMILES string of the molecule is Cc1c(OF)ccc(C(=O)O)c1OCCCCCCCCO. The summed E-state index contributed by atoms with van der Waals surface area (Å²) in [6.45, 7) is 2.16. The van der Waals surface area contributed by atoms with Crippen LogP contribution in [0.15, 0.2) is 12.1 Å². The van der Waals surface area contributed by atoms with Crippen molar-refractivity contribution in [2.45, 2.75) is 45.4 Å². The Morgan fingerprint density at radius 1 is 1.14 bits per heavy atom. The molecule has 0 aliphatic carbocycles. The van der Waals surface area contributed by atoms with Gasteiger partial charge in [0, 0.05) is 16.7 Å². The first-order valence-corrected chi connectivity index (χ1v) is 7.51. The average Bonchev–Trinajstić information content (AvgIpc) is 2.50. The molecule has 0 bridgehead atoms. The molecular formula is C16H23FO5. The van der Waals surface area contributed by atoms with Gasteiger partial charge in [0.15, 0.2) is 5.75 Å². The summed E-state index contributed by atoms with van der Waals surface area (Å²) in [5.41, 5.74) is 0.339. The number of aliphatic hydroxyl groups is 1. The highest BCUT2D eigenvalue weighted by Gasteiger charge is 2.17. The molecular weight excluding hydrogens is 291 g/mol. The highest BCUT2D eigenvalue weighted by atomic mass is 19.3. The van der Waals surface area contributed by atoms with E-state index >= 15 is 0 Å². The third kappa shape index (κ3) is 5.52. The molecule has 0 unspecified atom stereocenters. The number of hydrogen-bond acceptors (Lipinski definition) is 4. The van der Waals surface area contributed by atoms with Gasteiger partial charge in [0.25, 0.3) is 0 Å². The third-order valence-corrected chi connectivity index (χ3v) is 3.47. The van der Waals surface area contributed by atoms with Gasteiger partial charge in [-0.1, -0.05) is 25.7 Å². The second-order valence-corrected chi connectivity index (χ2v) is 5.14. The summed E-state index contributed by atoms with van der Waals surface area (Å²) in [6, 6.07) is 2.54. The number of benzene rings is 1. The average molecular weight is 314 g/mol. The molecule has 1 aromatic rings. The van der Waals surface area contributed by atoms with Crippen molar-refractivity contribution in [1.82, 2.24) is 0 Å². The Labute approximate surface area is 129 Å². The second kappa shape index (κ2) is 10.00. The predicted octanol–water partition coefficient (Wildman–Crippen LogP) is 3.67. The molecule has 0 aliphatic heterocycles. The van der Waals surface area contributed by atoms with Crippen LogP contribution in [0.5, 0.6) is 11.5 Å². The van der Waals surface area contributed by atoms with Gasteiger partial charge in [0.1, 0.15) is 11.3 Å². The Morgan fingerprint density at radius 2 is 1.77 bits per heavy atom. The molecule has 1 aromatic carbocycles. The van der Waals surface area contributed by atoms with Gasteiger partial charge in [-0.05, 0) is 31.9 Å². The van der Waals surface area contributed by atoms with E-state index < -0.39 is 5.97 Å². The summed E-state index contributed by atoms with van der Waals surface area (Å²) in [4.78, 5) is 14.9. The molecule has 22 heavy (non-hydrogen) atoms. The maximum Gasteiger partial charge on any atom is 0.339 e. The standard InChI is InChI=1S/C16H23FO5/c1-12-14(22-17)9-8-13(16(19)20)15(12)21-11-7-5-3-2-4-6-10-18/h8-9,18H,2-7,10-11H2,1H3,(H,19,20). The molecule has 124 valence electrons. The van der Waals surface area contributed by atoms with Crippen LogP contribution in [0.25, 0.3) is 0 Å². The van der Waals surface area contributed by atoms with Crippen LogP contribution >= 0.6 is 0 Å². The highest BCUT2D eigenvalue weighted by molar-refractivity contribution is 5.91. The lowest BCUT2D eigenvalue weighted by Crippen LogP contribution is -2.07. The molecule has 0 atom stereocenters. The Balaban J connectivity index is 2.49. The maximum absolute atomic E-state index is 12.4. The molecule has 0 heterocycles. The molecule has 0 saturated carbocycles. The fourth-order valence-electron chi connectivity index (χ4n) is 2.21. The molecule has 6 heteroatoms. The van der Waals surface area contributed by atoms with E-state index in [9.17, 15) is 9.32 Å². The van der Waals surface area contributed by atoms with Crippen molar-refractivity contribution in [3.05, 3.63) is 23.3 Å². The van der Waals surface area contributed by atoms with E-state index in [0.29, 0.717) is 12.2 Å². The molecule has 0 aromatic heterocycles. The summed E-state index contributed by atoms with van der Waals surface area (Å²) >= 11 is 0. The van der Waals surface area contributed by atoms with Crippen LogP contribution in [0.3, 0.4) is 0 Å². The topological polar surface area (TPSA) is 76.0 Å². The van der Waals surface area contributed by atoms with E-state index in [0.717, 1.165) is 38.5 Å². The Bertz CT molecular complexity index is 476. The van der Waals surface area contributed by atoms with Crippen LogP contribution in [0.4, 0.5) is 4.53 Å². The minimum Gasteiger partial charge on any atom is -0.492 e. The molecule has 0 amide bonds. The van der Waals surface area contributed by atoms with Crippen LogP contribution in [0.2, 0.25) is 0 Å². The van der Waals surface area contributed by atoms with Gasteiger partial charge in [-0.3, -0.25) is 4.94 Å². The first-order valence-electron chi connectivity index (χ1n) is 7.51. The third-order valence-electron chi connectivity index (χ3n) is 3.47. The number of unbranched alkanes of at least 4 members (excludes halogenated alkanes) is 5. The number of aromatic carboxylic acids is 1. The molecule has 0 radical (unpaired) electrons. The van der Waals surface area contributed by atoms with Gasteiger partial charge in [-0.25, -0.2) is 4.79 Å². The van der Waals surface area contributed by atoms with Crippen LogP contribution in [-0.4, -0.2) is 29.4 Å². The fourth-order valence-corrected chi connectivity index (χ4v) is 2.21. The molecule has 5 nitrogen and oxygen atoms in total. The Kier molecular flexibility index (Phi) is 8.28. The number of aliphatic hydroxyl groups excluding tert-OH is 1. The zero-order valence-electron chi connectivity index (χ0n) is 12.8. The quantitative estimate of drug-likeness (QED) is 0.609. The minimum absolute atomic E-state index is 0.00115. The lowest BCUT2D eigenvalue weighted by Gasteiger charge is -2.13. The lowest BCUT2D eigenvalue weighted by molar-refractivity contribution is -0.00737. The van der Waals surface area contributed by atoms with E-state index in [4.69, 9.17) is 14.9 Å². The van der Waals surface area contributed by atoms with Crippen molar-refractivity contribution in [3.63, 3.8) is 0 Å². The van der Waals surface area contributed by atoms with Gasteiger partial charge in [0.05, 0.1) is 6.61 Å². The number of carbonyl (C=O) groups is 1. The zero-order chi connectivity index (χ0) is 16.4. The van der Waals surface area contributed by atoms with E-state index in [-0.39, 0.29) is 23.7 Å². The molecule has 0 aliphatic rings. The molecule has 0 fully saturated rings. The predicted molar refractivity (Wildman–Crippen MR) is 80.2 cm³/mol. The van der Waals surface area contributed by atoms with Gasteiger partial charge < -0.3 is 14.9 Å². The first kappa shape index (κ1) is 18.2. The largest absolute Gasteiger partial charge is 0.492 e. The monoisotopic (exact) mass is 314 g/mol. The lowest BCUT2D eigenvalue weighted by atomic mass is 10.1. The van der Waals surface area contributed by atoms with Crippen LogP contribution in [-0.2, 0) is 0 Å². The Morgan fingerprint density at radius 3 is 2.36 bits per heavy atom. The molecule has 2 N–H and O–H groups in total.